The third-order valence-corrected chi connectivity index (χ3v) is 7.44. The van der Waals surface area contributed by atoms with Crippen molar-refractivity contribution in [1.82, 2.24) is 25.1 Å². The van der Waals surface area contributed by atoms with Gasteiger partial charge in [-0.05, 0) is 69.0 Å². The Kier molecular flexibility index (Phi) is 6.60. The van der Waals surface area contributed by atoms with Crippen LogP contribution >= 0.6 is 0 Å². The maximum absolute atomic E-state index is 12.1. The molecule has 0 saturated carbocycles. The van der Waals surface area contributed by atoms with Crippen LogP contribution in [0.4, 0.5) is 10.5 Å². The molecule has 2 fully saturated rings. The fraction of sp³-hybridized carbons (Fsp3) is 0.636. The Morgan fingerprint density at radius 2 is 1.88 bits per heavy atom. The summed E-state index contributed by atoms with van der Waals surface area (Å²) in [5.41, 5.74) is 1.97. The van der Waals surface area contributed by atoms with Crippen molar-refractivity contribution < 1.29 is 17.9 Å². The third-order valence-electron chi connectivity index (χ3n) is 6.33. The minimum Gasteiger partial charge on any atom is -0.447 e. The van der Waals surface area contributed by atoms with E-state index in [0.717, 1.165) is 49.4 Å². The van der Waals surface area contributed by atoms with E-state index in [4.69, 9.17) is 4.74 Å². The molecule has 0 unspecified atom stereocenters. The largest absolute Gasteiger partial charge is 0.447 e. The molecule has 2 aliphatic heterocycles. The van der Waals surface area contributed by atoms with Gasteiger partial charge in [0.1, 0.15) is 0 Å². The summed E-state index contributed by atoms with van der Waals surface area (Å²) >= 11 is 0. The van der Waals surface area contributed by atoms with Crippen molar-refractivity contribution in [3.8, 4) is 0 Å². The number of aryl methyl sites for hydroxylation is 1. The van der Waals surface area contributed by atoms with Gasteiger partial charge in [-0.1, -0.05) is 0 Å². The number of carbonyl (C=O) groups is 1. The van der Waals surface area contributed by atoms with Crippen molar-refractivity contribution in [2.24, 2.45) is 0 Å². The molecular weight excluding hydrogens is 444 g/mol. The lowest BCUT2D eigenvalue weighted by atomic mass is 9.96. The van der Waals surface area contributed by atoms with Gasteiger partial charge in [0.2, 0.25) is 0 Å². The zero-order valence-electron chi connectivity index (χ0n) is 19.6. The normalized spacial score (nSPS) is 20.0. The SMILES string of the molecule is Cc1cc(S(C)(=O)=O)ccc1N1CC[C@H](n2nnc(C3CCN(C(=O)OC(C)C)CC3)n2)C1. The molecule has 0 spiro atoms. The summed E-state index contributed by atoms with van der Waals surface area (Å²) in [4.78, 5) is 18.1. The third kappa shape index (κ3) is 5.29. The van der Waals surface area contributed by atoms with Crippen LogP contribution in [0.25, 0.3) is 0 Å². The number of aromatic nitrogens is 4. The molecule has 1 amide bonds. The second-order valence-electron chi connectivity index (χ2n) is 9.27. The summed E-state index contributed by atoms with van der Waals surface area (Å²) in [6.07, 6.45) is 3.32. The Morgan fingerprint density at radius 1 is 1.15 bits per heavy atom. The number of anilines is 1. The van der Waals surface area contributed by atoms with Gasteiger partial charge in [-0.3, -0.25) is 0 Å². The second kappa shape index (κ2) is 9.28. The Morgan fingerprint density at radius 3 is 2.52 bits per heavy atom. The van der Waals surface area contributed by atoms with Crippen molar-refractivity contribution in [1.29, 1.82) is 0 Å². The van der Waals surface area contributed by atoms with E-state index in [1.807, 2.05) is 26.8 Å². The van der Waals surface area contributed by atoms with Crippen LogP contribution in [0, 0.1) is 6.92 Å². The van der Waals surface area contributed by atoms with Gasteiger partial charge in [-0.15, -0.1) is 10.2 Å². The molecule has 3 heterocycles. The lowest BCUT2D eigenvalue weighted by Crippen LogP contribution is -2.39. The first kappa shape index (κ1) is 23.5. The van der Waals surface area contributed by atoms with Gasteiger partial charge in [0.25, 0.3) is 0 Å². The van der Waals surface area contributed by atoms with E-state index >= 15 is 0 Å². The van der Waals surface area contributed by atoms with E-state index < -0.39 is 9.84 Å². The molecule has 2 aliphatic rings. The predicted octanol–water partition coefficient (Wildman–Crippen LogP) is 2.56. The number of sulfone groups is 1. The molecule has 2 aromatic rings. The van der Waals surface area contributed by atoms with E-state index in [1.54, 1.807) is 21.8 Å². The number of likely N-dealkylation sites (tertiary alicyclic amines) is 1. The standard InChI is InChI=1S/C22H32N6O4S/c1-15(2)32-22(29)26-10-7-17(8-11-26)21-23-25-28(24-21)18-9-12-27(14-18)20-6-5-19(13-16(20)3)33(4,30)31/h5-6,13,15,17-18H,7-12,14H2,1-4H3/t18-/m0/s1. The first-order valence-corrected chi connectivity index (χ1v) is 13.3. The fourth-order valence-corrected chi connectivity index (χ4v) is 5.22. The monoisotopic (exact) mass is 476 g/mol. The fourth-order valence-electron chi connectivity index (χ4n) is 4.51. The van der Waals surface area contributed by atoms with Crippen LogP contribution in [-0.2, 0) is 14.6 Å². The maximum atomic E-state index is 12.1. The van der Waals surface area contributed by atoms with E-state index in [-0.39, 0.29) is 24.2 Å². The minimum atomic E-state index is -3.22. The van der Waals surface area contributed by atoms with Gasteiger partial charge in [0, 0.05) is 44.0 Å². The molecule has 1 atom stereocenters. The molecule has 0 N–H and O–H groups in total. The maximum Gasteiger partial charge on any atom is 0.410 e. The minimum absolute atomic E-state index is 0.112. The van der Waals surface area contributed by atoms with Gasteiger partial charge in [-0.2, -0.15) is 4.80 Å². The molecule has 180 valence electrons. The Balaban J connectivity index is 1.36. The molecule has 11 heteroatoms. The molecule has 0 bridgehead atoms. The van der Waals surface area contributed by atoms with Crippen LogP contribution in [0.5, 0.6) is 0 Å². The summed E-state index contributed by atoms with van der Waals surface area (Å²) in [5.74, 6) is 0.921. The first-order valence-electron chi connectivity index (χ1n) is 11.4. The van der Waals surface area contributed by atoms with E-state index in [0.29, 0.717) is 18.0 Å². The van der Waals surface area contributed by atoms with Gasteiger partial charge in [-0.25, -0.2) is 13.2 Å². The van der Waals surface area contributed by atoms with Crippen molar-refractivity contribution in [2.45, 2.75) is 63.0 Å². The average Bonchev–Trinajstić information content (AvgIpc) is 3.42. The van der Waals surface area contributed by atoms with Gasteiger partial charge in [0.15, 0.2) is 15.7 Å². The van der Waals surface area contributed by atoms with Gasteiger partial charge >= 0.3 is 6.09 Å². The number of hydrogen-bond donors (Lipinski definition) is 0. The number of tetrazole rings is 1. The van der Waals surface area contributed by atoms with Crippen LogP contribution in [0.15, 0.2) is 23.1 Å². The highest BCUT2D eigenvalue weighted by molar-refractivity contribution is 7.90. The highest BCUT2D eigenvalue weighted by Gasteiger charge is 2.31. The van der Waals surface area contributed by atoms with Crippen LogP contribution in [0.3, 0.4) is 0 Å². The quantitative estimate of drug-likeness (QED) is 0.647. The highest BCUT2D eigenvalue weighted by atomic mass is 32.2. The number of ether oxygens (including phenoxy) is 1. The molecule has 2 saturated heterocycles. The summed E-state index contributed by atoms with van der Waals surface area (Å²) in [5, 5.41) is 13.3. The van der Waals surface area contributed by atoms with Crippen LogP contribution in [-0.4, -0.2) is 78.2 Å². The van der Waals surface area contributed by atoms with E-state index in [1.165, 1.54) is 6.26 Å². The Hall–Kier alpha value is -2.69. The lowest BCUT2D eigenvalue weighted by Gasteiger charge is -2.30. The zero-order valence-corrected chi connectivity index (χ0v) is 20.5. The lowest BCUT2D eigenvalue weighted by molar-refractivity contribution is 0.0688. The molecule has 1 aromatic carbocycles. The van der Waals surface area contributed by atoms with Crippen molar-refractivity contribution in [2.75, 3.05) is 37.3 Å². The summed E-state index contributed by atoms with van der Waals surface area (Å²) in [6.45, 7) is 8.49. The average molecular weight is 477 g/mol. The number of amides is 1. The predicted molar refractivity (Wildman–Crippen MR) is 123 cm³/mol. The summed E-state index contributed by atoms with van der Waals surface area (Å²) in [6, 6.07) is 5.39. The molecule has 0 aliphatic carbocycles. The van der Waals surface area contributed by atoms with Crippen LogP contribution < -0.4 is 4.90 Å². The number of hydrogen-bond acceptors (Lipinski definition) is 8. The summed E-state index contributed by atoms with van der Waals surface area (Å²) in [7, 11) is -3.22. The molecule has 1 aromatic heterocycles. The first-order chi connectivity index (χ1) is 15.6. The van der Waals surface area contributed by atoms with Crippen LogP contribution in [0.1, 0.15) is 56.5 Å². The topological polar surface area (TPSA) is 111 Å². The van der Waals surface area contributed by atoms with Crippen LogP contribution in [0.2, 0.25) is 0 Å². The Labute approximate surface area is 194 Å². The van der Waals surface area contributed by atoms with Crippen molar-refractivity contribution >= 4 is 21.6 Å². The molecule has 10 nitrogen and oxygen atoms in total. The van der Waals surface area contributed by atoms with Gasteiger partial charge < -0.3 is 14.5 Å². The zero-order chi connectivity index (χ0) is 23.8. The number of carbonyl (C=O) groups excluding carboxylic acids is 1. The van der Waals surface area contributed by atoms with Gasteiger partial charge in [0.05, 0.1) is 17.0 Å². The number of benzene rings is 1. The number of rotatable bonds is 5. The number of piperidine rings is 1. The second-order valence-corrected chi connectivity index (χ2v) is 11.3. The highest BCUT2D eigenvalue weighted by Crippen LogP contribution is 2.31. The Bertz CT molecular complexity index is 1110. The van der Waals surface area contributed by atoms with Crippen molar-refractivity contribution in [3.05, 3.63) is 29.6 Å². The molecule has 0 radical (unpaired) electrons. The molecular formula is C22H32N6O4S. The molecule has 33 heavy (non-hydrogen) atoms. The van der Waals surface area contributed by atoms with E-state index in [9.17, 15) is 13.2 Å². The van der Waals surface area contributed by atoms with E-state index in [2.05, 4.69) is 20.3 Å². The smallest absolute Gasteiger partial charge is 0.410 e. The summed E-state index contributed by atoms with van der Waals surface area (Å²) < 4.78 is 28.9. The van der Waals surface area contributed by atoms with Crippen molar-refractivity contribution in [3.63, 3.8) is 0 Å². The molecule has 4 rings (SSSR count). The number of nitrogens with zero attached hydrogens (tertiary/aromatic N) is 6.